The number of nitrogens with one attached hydrogen (secondary N) is 1. The molecule has 0 aliphatic rings. The van der Waals surface area contributed by atoms with Gasteiger partial charge in [-0.25, -0.2) is 9.07 Å². The summed E-state index contributed by atoms with van der Waals surface area (Å²) in [6.45, 7) is 1.75. The van der Waals surface area contributed by atoms with Crippen LogP contribution >= 0.6 is 11.5 Å². The molecule has 10 heteroatoms. The predicted octanol–water partition coefficient (Wildman–Crippen LogP) is 3.49. The summed E-state index contributed by atoms with van der Waals surface area (Å²) < 4.78 is 24.8. The number of anilines is 1. The van der Waals surface area contributed by atoms with E-state index in [2.05, 4.69) is 25.0 Å². The van der Waals surface area contributed by atoms with Crippen LogP contribution in [-0.4, -0.2) is 37.4 Å². The van der Waals surface area contributed by atoms with E-state index in [4.69, 9.17) is 4.74 Å². The second-order valence-corrected chi connectivity index (χ2v) is 6.75. The van der Waals surface area contributed by atoms with Gasteiger partial charge in [-0.3, -0.25) is 10.1 Å². The maximum absolute atomic E-state index is 14.1. The van der Waals surface area contributed by atoms with Crippen LogP contribution in [0.4, 0.5) is 9.52 Å². The number of amides is 1. The fourth-order valence-corrected chi connectivity index (χ4v) is 3.26. The van der Waals surface area contributed by atoms with Crippen LogP contribution < -0.4 is 10.1 Å². The van der Waals surface area contributed by atoms with E-state index < -0.39 is 5.82 Å². The molecule has 1 amide bonds. The Morgan fingerprint density at radius 1 is 1.21 bits per heavy atom. The summed E-state index contributed by atoms with van der Waals surface area (Å²) in [7, 11) is 1.53. The van der Waals surface area contributed by atoms with Gasteiger partial charge in [-0.2, -0.15) is 9.36 Å². The standard InChI is InChI=1S/C19H15FN6O2S/c1-11-16(23-25-26(11)15-9-4-3-8-14(15)20)17-21-19(29-24-17)22-18(27)12-6-5-7-13(10-12)28-2/h3-10H,1-2H3,(H,21,22,24,27). The lowest BCUT2D eigenvalue weighted by Gasteiger charge is -2.04. The highest BCUT2D eigenvalue weighted by Gasteiger charge is 2.19. The van der Waals surface area contributed by atoms with Crippen molar-refractivity contribution in [1.82, 2.24) is 24.4 Å². The van der Waals surface area contributed by atoms with Crippen LogP contribution in [0.1, 0.15) is 16.1 Å². The van der Waals surface area contributed by atoms with Crippen molar-refractivity contribution in [2.45, 2.75) is 6.92 Å². The molecular weight excluding hydrogens is 395 g/mol. The van der Waals surface area contributed by atoms with E-state index in [9.17, 15) is 9.18 Å². The minimum Gasteiger partial charge on any atom is -0.497 e. The Kier molecular flexibility index (Phi) is 5.00. The molecule has 1 N–H and O–H groups in total. The van der Waals surface area contributed by atoms with Gasteiger partial charge in [-0.1, -0.05) is 23.4 Å². The van der Waals surface area contributed by atoms with Crippen molar-refractivity contribution >= 4 is 22.6 Å². The summed E-state index contributed by atoms with van der Waals surface area (Å²) in [4.78, 5) is 16.7. The van der Waals surface area contributed by atoms with Crippen molar-refractivity contribution in [3.8, 4) is 23.0 Å². The Balaban J connectivity index is 1.57. The Hall–Kier alpha value is -3.66. The normalized spacial score (nSPS) is 10.7. The third-order valence-electron chi connectivity index (χ3n) is 4.17. The van der Waals surface area contributed by atoms with Gasteiger partial charge in [0.2, 0.25) is 5.13 Å². The summed E-state index contributed by atoms with van der Waals surface area (Å²) in [5.41, 5.74) is 1.71. The molecule has 0 bridgehead atoms. The number of halogens is 1. The number of nitrogens with zero attached hydrogens (tertiary/aromatic N) is 5. The van der Waals surface area contributed by atoms with E-state index in [1.807, 2.05) is 0 Å². The lowest BCUT2D eigenvalue weighted by molar-refractivity contribution is 0.102. The van der Waals surface area contributed by atoms with Gasteiger partial charge in [0.15, 0.2) is 11.5 Å². The quantitative estimate of drug-likeness (QED) is 0.541. The molecule has 146 valence electrons. The molecule has 2 heterocycles. The van der Waals surface area contributed by atoms with Gasteiger partial charge in [0.1, 0.15) is 17.3 Å². The average Bonchev–Trinajstić information content (AvgIpc) is 3.35. The highest BCUT2D eigenvalue weighted by atomic mass is 32.1. The molecule has 0 fully saturated rings. The number of methoxy groups -OCH3 is 1. The number of aromatic nitrogens is 5. The molecule has 4 aromatic rings. The van der Waals surface area contributed by atoms with Crippen LogP contribution in [0, 0.1) is 12.7 Å². The van der Waals surface area contributed by atoms with Crippen LogP contribution in [0.2, 0.25) is 0 Å². The van der Waals surface area contributed by atoms with Gasteiger partial charge < -0.3 is 4.74 Å². The Bertz CT molecular complexity index is 1190. The first-order valence-electron chi connectivity index (χ1n) is 8.53. The van der Waals surface area contributed by atoms with Crippen LogP contribution in [0.15, 0.2) is 48.5 Å². The summed E-state index contributed by atoms with van der Waals surface area (Å²) in [6.07, 6.45) is 0. The zero-order chi connectivity index (χ0) is 20.4. The molecule has 0 spiro atoms. The molecule has 0 saturated carbocycles. The Morgan fingerprint density at radius 2 is 2.03 bits per heavy atom. The monoisotopic (exact) mass is 410 g/mol. The maximum Gasteiger partial charge on any atom is 0.257 e. The fraction of sp³-hybridized carbons (Fsp3) is 0.105. The minimum atomic E-state index is -0.412. The summed E-state index contributed by atoms with van der Waals surface area (Å²) in [6, 6.07) is 13.0. The molecule has 0 aliphatic carbocycles. The number of hydrogen-bond acceptors (Lipinski definition) is 7. The number of rotatable bonds is 5. The van der Waals surface area contributed by atoms with Crippen molar-refractivity contribution in [2.75, 3.05) is 12.4 Å². The van der Waals surface area contributed by atoms with Crippen molar-refractivity contribution in [2.24, 2.45) is 0 Å². The smallest absolute Gasteiger partial charge is 0.257 e. The molecule has 0 atom stereocenters. The zero-order valence-corrected chi connectivity index (χ0v) is 16.3. The van der Waals surface area contributed by atoms with Crippen molar-refractivity contribution in [3.05, 3.63) is 65.6 Å². The third kappa shape index (κ3) is 3.69. The molecule has 0 aliphatic heterocycles. The SMILES string of the molecule is COc1cccc(C(=O)Nc2nc(-c3nnn(-c4ccccc4F)c3C)ns2)c1. The molecule has 0 unspecified atom stereocenters. The van der Waals surface area contributed by atoms with Gasteiger partial charge in [0.25, 0.3) is 5.91 Å². The van der Waals surface area contributed by atoms with Gasteiger partial charge in [0.05, 0.1) is 12.8 Å². The Labute approximate surface area is 169 Å². The van der Waals surface area contributed by atoms with Crippen molar-refractivity contribution < 1.29 is 13.9 Å². The van der Waals surface area contributed by atoms with Gasteiger partial charge in [0, 0.05) is 17.1 Å². The maximum atomic E-state index is 14.1. The molecule has 2 aromatic carbocycles. The lowest BCUT2D eigenvalue weighted by Crippen LogP contribution is -2.11. The van der Waals surface area contributed by atoms with Gasteiger partial charge in [-0.05, 0) is 37.3 Å². The molecule has 0 saturated heterocycles. The first-order valence-corrected chi connectivity index (χ1v) is 9.31. The lowest BCUT2D eigenvalue weighted by atomic mass is 10.2. The summed E-state index contributed by atoms with van der Waals surface area (Å²) in [5.74, 6) is 0.134. The second kappa shape index (κ2) is 7.76. The van der Waals surface area contributed by atoms with E-state index in [0.717, 1.165) is 11.5 Å². The highest BCUT2D eigenvalue weighted by molar-refractivity contribution is 7.10. The molecule has 29 heavy (non-hydrogen) atoms. The number of benzene rings is 2. The number of para-hydroxylation sites is 1. The molecular formula is C19H15FN6O2S. The van der Waals surface area contributed by atoms with E-state index in [1.165, 1.54) is 17.9 Å². The van der Waals surface area contributed by atoms with Crippen LogP contribution in [0.5, 0.6) is 5.75 Å². The average molecular weight is 410 g/mol. The largest absolute Gasteiger partial charge is 0.497 e. The number of hydrogen-bond donors (Lipinski definition) is 1. The van der Waals surface area contributed by atoms with Gasteiger partial charge >= 0.3 is 0 Å². The van der Waals surface area contributed by atoms with Crippen LogP contribution in [-0.2, 0) is 0 Å². The number of carbonyl (C=O) groups excluding carboxylic acids is 1. The summed E-state index contributed by atoms with van der Waals surface area (Å²) in [5, 5.41) is 11.1. The van der Waals surface area contributed by atoms with Crippen molar-refractivity contribution in [3.63, 3.8) is 0 Å². The first kappa shape index (κ1) is 18.7. The Morgan fingerprint density at radius 3 is 2.83 bits per heavy atom. The van der Waals surface area contributed by atoms with Crippen molar-refractivity contribution in [1.29, 1.82) is 0 Å². The summed E-state index contributed by atoms with van der Waals surface area (Å²) >= 11 is 1.02. The number of carbonyl (C=O) groups is 1. The van der Waals surface area contributed by atoms with Gasteiger partial charge in [-0.15, -0.1) is 5.10 Å². The minimum absolute atomic E-state index is 0.283. The molecule has 4 rings (SSSR count). The number of ether oxygens (including phenoxy) is 1. The second-order valence-electron chi connectivity index (χ2n) is 6.00. The third-order valence-corrected chi connectivity index (χ3v) is 4.80. The topological polar surface area (TPSA) is 94.8 Å². The van der Waals surface area contributed by atoms with Crippen LogP contribution in [0.3, 0.4) is 0 Å². The first-order chi connectivity index (χ1) is 14.1. The van der Waals surface area contributed by atoms with Crippen LogP contribution in [0.25, 0.3) is 17.2 Å². The molecule has 2 aromatic heterocycles. The van der Waals surface area contributed by atoms with E-state index in [1.54, 1.807) is 49.4 Å². The fourth-order valence-electron chi connectivity index (χ4n) is 2.69. The van der Waals surface area contributed by atoms with E-state index in [-0.39, 0.29) is 11.6 Å². The van der Waals surface area contributed by atoms with E-state index in [0.29, 0.717) is 33.7 Å². The molecule has 8 nitrogen and oxygen atoms in total. The predicted molar refractivity (Wildman–Crippen MR) is 106 cm³/mol. The highest BCUT2D eigenvalue weighted by Crippen LogP contribution is 2.25. The molecule has 0 radical (unpaired) electrons. The zero-order valence-electron chi connectivity index (χ0n) is 15.5. The van der Waals surface area contributed by atoms with E-state index >= 15 is 0 Å².